The summed E-state index contributed by atoms with van der Waals surface area (Å²) in [7, 11) is 0. The number of nitrogens with zero attached hydrogens (tertiary/aromatic N) is 3. The highest BCUT2D eigenvalue weighted by molar-refractivity contribution is 6.04. The van der Waals surface area contributed by atoms with E-state index in [9.17, 15) is 32.7 Å². The predicted octanol–water partition coefficient (Wildman–Crippen LogP) is 4.48. The molecule has 11 heteroatoms. The van der Waals surface area contributed by atoms with Crippen molar-refractivity contribution in [1.82, 2.24) is 4.90 Å². The summed E-state index contributed by atoms with van der Waals surface area (Å²) in [6.45, 7) is 2.04. The smallest absolute Gasteiger partial charge is 0.416 e. The number of ether oxygens (including phenoxy) is 1. The highest BCUT2D eigenvalue weighted by Crippen LogP contribution is 2.41. The zero-order chi connectivity index (χ0) is 25.9. The number of alkyl halides is 3. The van der Waals surface area contributed by atoms with Gasteiger partial charge in [0.25, 0.3) is 0 Å². The topological polar surface area (TPSA) is 111 Å². The van der Waals surface area contributed by atoms with E-state index in [4.69, 9.17) is 10.00 Å². The van der Waals surface area contributed by atoms with Crippen molar-refractivity contribution in [3.05, 3.63) is 76.5 Å². The second kappa shape index (κ2) is 9.89. The van der Waals surface area contributed by atoms with Gasteiger partial charge in [-0.15, -0.1) is 0 Å². The Hall–Kier alpha value is -4.33. The number of nitriles is 1. The van der Waals surface area contributed by atoms with Gasteiger partial charge in [0.1, 0.15) is 6.54 Å². The number of halogens is 3. The lowest BCUT2D eigenvalue weighted by atomic mass is 9.92. The largest absolute Gasteiger partial charge is 0.480 e. The van der Waals surface area contributed by atoms with Gasteiger partial charge in [-0.05, 0) is 49.7 Å². The summed E-state index contributed by atoms with van der Waals surface area (Å²) in [5.74, 6) is -2.26. The van der Waals surface area contributed by atoms with Crippen LogP contribution >= 0.6 is 0 Å². The van der Waals surface area contributed by atoms with Gasteiger partial charge in [0.2, 0.25) is 0 Å². The van der Waals surface area contributed by atoms with Crippen LogP contribution in [0.5, 0.6) is 0 Å². The number of carboxylic acid groups (broad SMARTS) is 1. The van der Waals surface area contributed by atoms with Crippen molar-refractivity contribution in [3.8, 4) is 6.07 Å². The highest BCUT2D eigenvalue weighted by atomic mass is 19.4. The number of carboxylic acids is 1. The van der Waals surface area contributed by atoms with Crippen LogP contribution < -0.4 is 4.90 Å². The Morgan fingerprint density at radius 3 is 2.37 bits per heavy atom. The number of allylic oxidation sites excluding steroid dienone is 1. The SMILES string of the molecule is CCOC(=O)C1=C(C)N(c2cccc(C(F)(F)F)c2)C(=O)N(CC(=O)O)C1c1ccc(C#N)cc1. The normalized spacial score (nSPS) is 16.2. The molecule has 1 unspecified atom stereocenters. The maximum absolute atomic E-state index is 13.5. The van der Waals surface area contributed by atoms with Gasteiger partial charge in [0.15, 0.2) is 0 Å². The molecule has 1 aliphatic rings. The first-order valence-electron chi connectivity index (χ1n) is 10.4. The molecule has 0 aromatic heterocycles. The standard InChI is InChI=1S/C24H20F3N3O5/c1-3-35-22(33)20-14(2)30(18-6-4-5-17(11-18)24(25,26)27)23(34)29(13-19(31)32)21(20)16-9-7-15(12-28)8-10-16/h4-11,21H,3,13H2,1-2H3,(H,31,32). The fourth-order valence-electron chi connectivity index (χ4n) is 3.84. The number of amides is 2. The molecule has 2 aromatic carbocycles. The zero-order valence-corrected chi connectivity index (χ0v) is 18.7. The second-order valence-corrected chi connectivity index (χ2v) is 7.54. The van der Waals surface area contributed by atoms with E-state index in [-0.39, 0.29) is 23.6 Å². The van der Waals surface area contributed by atoms with Gasteiger partial charge in [0.05, 0.1) is 41.1 Å². The molecule has 0 saturated heterocycles. The van der Waals surface area contributed by atoms with Gasteiger partial charge in [0, 0.05) is 5.70 Å². The first kappa shape index (κ1) is 25.3. The van der Waals surface area contributed by atoms with Crippen molar-refractivity contribution < 1.29 is 37.4 Å². The van der Waals surface area contributed by atoms with Crippen molar-refractivity contribution in [1.29, 1.82) is 5.26 Å². The zero-order valence-electron chi connectivity index (χ0n) is 18.7. The van der Waals surface area contributed by atoms with Gasteiger partial charge in [-0.2, -0.15) is 18.4 Å². The molecule has 0 radical (unpaired) electrons. The van der Waals surface area contributed by atoms with Gasteiger partial charge in [-0.3, -0.25) is 9.69 Å². The van der Waals surface area contributed by atoms with Crippen LogP contribution in [-0.4, -0.2) is 41.1 Å². The predicted molar refractivity (Wildman–Crippen MR) is 117 cm³/mol. The lowest BCUT2D eigenvalue weighted by Crippen LogP contribution is -2.52. The van der Waals surface area contributed by atoms with Gasteiger partial charge in [-0.1, -0.05) is 18.2 Å². The Morgan fingerprint density at radius 1 is 1.17 bits per heavy atom. The van der Waals surface area contributed by atoms with Crippen molar-refractivity contribution in [3.63, 3.8) is 0 Å². The fourth-order valence-corrected chi connectivity index (χ4v) is 3.84. The molecule has 1 aliphatic heterocycles. The number of hydrogen-bond donors (Lipinski definition) is 1. The van der Waals surface area contributed by atoms with E-state index in [0.717, 1.165) is 28.0 Å². The van der Waals surface area contributed by atoms with Crippen LogP contribution in [0.3, 0.4) is 0 Å². The monoisotopic (exact) mass is 487 g/mol. The summed E-state index contributed by atoms with van der Waals surface area (Å²) in [6, 6.07) is 9.54. The summed E-state index contributed by atoms with van der Waals surface area (Å²) < 4.78 is 45.1. The molecule has 1 heterocycles. The number of benzene rings is 2. The number of aliphatic carboxylic acids is 1. The van der Waals surface area contributed by atoms with Crippen LogP contribution in [-0.2, 0) is 20.5 Å². The van der Waals surface area contributed by atoms with Gasteiger partial charge in [-0.25, -0.2) is 9.59 Å². The molecule has 0 fully saturated rings. The third-order valence-corrected chi connectivity index (χ3v) is 5.34. The quantitative estimate of drug-likeness (QED) is 0.602. The minimum Gasteiger partial charge on any atom is -0.480 e. The Labute approximate surface area is 198 Å². The third-order valence-electron chi connectivity index (χ3n) is 5.34. The van der Waals surface area contributed by atoms with Gasteiger partial charge < -0.3 is 14.7 Å². The van der Waals surface area contributed by atoms with Crippen LogP contribution in [0.2, 0.25) is 0 Å². The minimum absolute atomic E-state index is 0.0104. The van der Waals surface area contributed by atoms with E-state index in [1.165, 1.54) is 37.3 Å². The molecular weight excluding hydrogens is 467 g/mol. The van der Waals surface area contributed by atoms with Crippen LogP contribution in [0, 0.1) is 11.3 Å². The number of hydrogen-bond acceptors (Lipinski definition) is 5. The fraction of sp³-hybridized carbons (Fsp3) is 0.250. The molecule has 1 N–H and O–H groups in total. The Morgan fingerprint density at radius 2 is 1.83 bits per heavy atom. The van der Waals surface area contributed by atoms with Crippen LogP contribution in [0.25, 0.3) is 0 Å². The van der Waals surface area contributed by atoms with Crippen LogP contribution in [0.1, 0.15) is 36.6 Å². The maximum Gasteiger partial charge on any atom is 0.416 e. The first-order chi connectivity index (χ1) is 16.5. The third kappa shape index (κ3) is 5.11. The van der Waals surface area contributed by atoms with Crippen LogP contribution in [0.4, 0.5) is 23.7 Å². The molecule has 0 saturated carbocycles. The molecular formula is C24H20F3N3O5. The summed E-state index contributed by atoms with van der Waals surface area (Å²) in [5, 5.41) is 18.6. The van der Waals surface area contributed by atoms with E-state index < -0.39 is 42.3 Å². The summed E-state index contributed by atoms with van der Waals surface area (Å²) >= 11 is 0. The van der Waals surface area contributed by atoms with E-state index in [1.54, 1.807) is 6.92 Å². The molecule has 8 nitrogen and oxygen atoms in total. The van der Waals surface area contributed by atoms with E-state index in [1.807, 2.05) is 6.07 Å². The number of esters is 1. The lowest BCUT2D eigenvalue weighted by Gasteiger charge is -2.42. The number of rotatable bonds is 6. The van der Waals surface area contributed by atoms with Crippen LogP contribution in [0.15, 0.2) is 59.8 Å². The van der Waals surface area contributed by atoms with E-state index >= 15 is 0 Å². The molecule has 35 heavy (non-hydrogen) atoms. The van der Waals surface area contributed by atoms with Crippen molar-refractivity contribution in [2.45, 2.75) is 26.1 Å². The van der Waals surface area contributed by atoms with E-state index in [2.05, 4.69) is 0 Å². The average molecular weight is 487 g/mol. The second-order valence-electron chi connectivity index (χ2n) is 7.54. The van der Waals surface area contributed by atoms with Crippen molar-refractivity contribution in [2.24, 2.45) is 0 Å². The van der Waals surface area contributed by atoms with Crippen molar-refractivity contribution in [2.75, 3.05) is 18.1 Å². The minimum atomic E-state index is -4.69. The number of carbonyl (C=O) groups excluding carboxylic acids is 2. The molecule has 2 aromatic rings. The Kier molecular flexibility index (Phi) is 7.14. The van der Waals surface area contributed by atoms with E-state index in [0.29, 0.717) is 11.1 Å². The first-order valence-corrected chi connectivity index (χ1v) is 10.4. The molecule has 1 atom stereocenters. The molecule has 182 valence electrons. The maximum atomic E-state index is 13.5. The van der Waals surface area contributed by atoms with Gasteiger partial charge >= 0.3 is 24.1 Å². The highest BCUT2D eigenvalue weighted by Gasteiger charge is 2.44. The summed E-state index contributed by atoms with van der Waals surface area (Å²) in [5.41, 5.74) is -0.724. The molecule has 0 aliphatic carbocycles. The van der Waals surface area contributed by atoms with Crippen molar-refractivity contribution >= 4 is 23.7 Å². The molecule has 2 amide bonds. The molecule has 0 spiro atoms. The summed E-state index contributed by atoms with van der Waals surface area (Å²) in [4.78, 5) is 40.0. The number of anilines is 1. The number of urea groups is 1. The Bertz CT molecular complexity index is 1230. The molecule has 3 rings (SSSR count). The number of carbonyl (C=O) groups is 3. The summed E-state index contributed by atoms with van der Waals surface area (Å²) in [6.07, 6.45) is -4.69. The average Bonchev–Trinajstić information content (AvgIpc) is 2.80. The lowest BCUT2D eigenvalue weighted by molar-refractivity contribution is -0.141. The Balaban J connectivity index is 2.28. The molecule has 0 bridgehead atoms.